The van der Waals surface area contributed by atoms with Gasteiger partial charge < -0.3 is 10.1 Å². The van der Waals surface area contributed by atoms with E-state index < -0.39 is 0 Å². The summed E-state index contributed by atoms with van der Waals surface area (Å²) < 4.78 is 5.11. The number of methoxy groups -OCH3 is 1. The zero-order valence-corrected chi connectivity index (χ0v) is 12.9. The second-order valence-electron chi connectivity index (χ2n) is 4.94. The van der Waals surface area contributed by atoms with Gasteiger partial charge >= 0.3 is 0 Å². The van der Waals surface area contributed by atoms with E-state index in [9.17, 15) is 0 Å². The van der Waals surface area contributed by atoms with Crippen LogP contribution in [0, 0.1) is 0 Å². The average Bonchev–Trinajstić information content (AvgIpc) is 2.43. The Morgan fingerprint density at radius 1 is 1.21 bits per heavy atom. The van der Waals surface area contributed by atoms with Gasteiger partial charge in [0.25, 0.3) is 0 Å². The fourth-order valence-electron chi connectivity index (χ4n) is 2.21. The second-order valence-corrected chi connectivity index (χ2v) is 5.38. The van der Waals surface area contributed by atoms with Gasteiger partial charge in [0.05, 0.1) is 0 Å². The Kier molecular flexibility index (Phi) is 8.89. The van der Waals surface area contributed by atoms with Crippen LogP contribution in [-0.2, 0) is 4.74 Å². The Morgan fingerprint density at radius 3 is 2.58 bits per heavy atom. The number of benzene rings is 1. The Balaban J connectivity index is 2.49. The fourth-order valence-corrected chi connectivity index (χ4v) is 2.34. The number of hydrogen-bond acceptors (Lipinski definition) is 2. The first-order chi connectivity index (χ1) is 9.27. The first kappa shape index (κ1) is 16.5. The minimum atomic E-state index is 0.570. The number of rotatable bonds is 10. The molecule has 3 heteroatoms. The van der Waals surface area contributed by atoms with Crippen molar-refractivity contribution in [3.8, 4) is 0 Å². The van der Waals surface area contributed by atoms with Gasteiger partial charge in [0, 0.05) is 25.3 Å². The van der Waals surface area contributed by atoms with Gasteiger partial charge in [-0.25, -0.2) is 0 Å². The highest BCUT2D eigenvalue weighted by Gasteiger charge is 2.10. The number of ether oxygens (including phenoxy) is 1. The quantitative estimate of drug-likeness (QED) is 0.649. The molecule has 0 bridgehead atoms. The molecule has 1 rings (SSSR count). The van der Waals surface area contributed by atoms with Crippen LogP contribution in [0.2, 0.25) is 5.02 Å². The molecular formula is C16H26ClNO. The molecule has 0 heterocycles. The largest absolute Gasteiger partial charge is 0.385 e. The topological polar surface area (TPSA) is 21.3 Å². The third kappa shape index (κ3) is 6.95. The molecule has 0 radical (unpaired) electrons. The Morgan fingerprint density at radius 2 is 1.95 bits per heavy atom. The second kappa shape index (κ2) is 10.2. The van der Waals surface area contributed by atoms with Crippen LogP contribution in [-0.4, -0.2) is 26.8 Å². The van der Waals surface area contributed by atoms with E-state index in [0.717, 1.165) is 31.1 Å². The third-order valence-corrected chi connectivity index (χ3v) is 3.56. The summed E-state index contributed by atoms with van der Waals surface area (Å²) in [6.45, 7) is 5.18. The van der Waals surface area contributed by atoms with Crippen molar-refractivity contribution in [3.63, 3.8) is 0 Å². The molecule has 0 saturated carbocycles. The number of hydrogen-bond donors (Lipinski definition) is 1. The van der Waals surface area contributed by atoms with Crippen LogP contribution >= 0.6 is 11.6 Å². The van der Waals surface area contributed by atoms with Gasteiger partial charge in [-0.2, -0.15) is 0 Å². The molecule has 2 nitrogen and oxygen atoms in total. The standard InChI is InChI=1S/C16H26ClNO/c1-3-11-18-13-15(6-4-5-12-19-2)14-7-9-16(17)10-8-14/h7-10,15,18H,3-6,11-13H2,1-2H3. The molecule has 0 aliphatic rings. The molecular weight excluding hydrogens is 258 g/mol. The monoisotopic (exact) mass is 283 g/mol. The molecule has 0 aliphatic carbocycles. The van der Waals surface area contributed by atoms with E-state index in [1.807, 2.05) is 12.1 Å². The van der Waals surface area contributed by atoms with Crippen molar-refractivity contribution < 1.29 is 4.74 Å². The van der Waals surface area contributed by atoms with Crippen LogP contribution in [0.3, 0.4) is 0 Å². The van der Waals surface area contributed by atoms with Gasteiger partial charge in [0.2, 0.25) is 0 Å². The lowest BCUT2D eigenvalue weighted by Gasteiger charge is -2.18. The predicted molar refractivity (Wildman–Crippen MR) is 83.1 cm³/mol. The molecule has 108 valence electrons. The summed E-state index contributed by atoms with van der Waals surface area (Å²) in [6.07, 6.45) is 4.71. The van der Waals surface area contributed by atoms with Crippen molar-refractivity contribution in [1.29, 1.82) is 0 Å². The summed E-state index contributed by atoms with van der Waals surface area (Å²) in [4.78, 5) is 0. The first-order valence-corrected chi connectivity index (χ1v) is 7.60. The molecule has 0 aromatic heterocycles. The smallest absolute Gasteiger partial charge is 0.0462 e. The highest BCUT2D eigenvalue weighted by molar-refractivity contribution is 6.30. The molecule has 1 unspecified atom stereocenters. The summed E-state index contributed by atoms with van der Waals surface area (Å²) in [5, 5.41) is 4.33. The zero-order chi connectivity index (χ0) is 13.9. The maximum absolute atomic E-state index is 5.96. The molecule has 1 N–H and O–H groups in total. The van der Waals surface area contributed by atoms with E-state index in [2.05, 4.69) is 24.4 Å². The molecule has 1 atom stereocenters. The van der Waals surface area contributed by atoms with Crippen LogP contribution in [0.25, 0.3) is 0 Å². The maximum atomic E-state index is 5.96. The molecule has 0 fully saturated rings. The summed E-state index contributed by atoms with van der Waals surface area (Å²) >= 11 is 5.96. The van der Waals surface area contributed by atoms with Crippen molar-refractivity contribution in [2.45, 2.75) is 38.5 Å². The summed E-state index contributed by atoms with van der Waals surface area (Å²) in [7, 11) is 1.76. The van der Waals surface area contributed by atoms with Gasteiger partial charge in [-0.1, -0.05) is 37.1 Å². The number of halogens is 1. The third-order valence-electron chi connectivity index (χ3n) is 3.31. The van der Waals surface area contributed by atoms with E-state index in [-0.39, 0.29) is 0 Å². The molecule has 0 saturated heterocycles. The van der Waals surface area contributed by atoms with Crippen LogP contribution in [0.15, 0.2) is 24.3 Å². The lowest BCUT2D eigenvalue weighted by Crippen LogP contribution is -2.22. The summed E-state index contributed by atoms with van der Waals surface area (Å²) in [6, 6.07) is 8.27. The van der Waals surface area contributed by atoms with Crippen LogP contribution in [0.1, 0.15) is 44.1 Å². The van der Waals surface area contributed by atoms with Crippen LogP contribution in [0.5, 0.6) is 0 Å². The van der Waals surface area contributed by atoms with E-state index >= 15 is 0 Å². The SMILES string of the molecule is CCCNCC(CCCCOC)c1ccc(Cl)cc1. The van der Waals surface area contributed by atoms with Crippen molar-refractivity contribution >= 4 is 11.6 Å². The lowest BCUT2D eigenvalue weighted by molar-refractivity contribution is 0.191. The molecule has 0 amide bonds. The zero-order valence-electron chi connectivity index (χ0n) is 12.1. The Labute approximate surface area is 122 Å². The van der Waals surface area contributed by atoms with Gasteiger partial charge in [-0.3, -0.25) is 0 Å². The van der Waals surface area contributed by atoms with Crippen LogP contribution < -0.4 is 5.32 Å². The highest BCUT2D eigenvalue weighted by atomic mass is 35.5. The molecule has 0 aliphatic heterocycles. The van der Waals surface area contributed by atoms with Crippen molar-refractivity contribution in [2.75, 3.05) is 26.8 Å². The molecule has 19 heavy (non-hydrogen) atoms. The highest BCUT2D eigenvalue weighted by Crippen LogP contribution is 2.23. The normalized spacial score (nSPS) is 12.6. The van der Waals surface area contributed by atoms with E-state index in [1.165, 1.54) is 24.8 Å². The van der Waals surface area contributed by atoms with Crippen molar-refractivity contribution in [3.05, 3.63) is 34.9 Å². The first-order valence-electron chi connectivity index (χ1n) is 7.23. The van der Waals surface area contributed by atoms with E-state index in [1.54, 1.807) is 7.11 Å². The Hall–Kier alpha value is -0.570. The molecule has 1 aromatic carbocycles. The van der Waals surface area contributed by atoms with Crippen molar-refractivity contribution in [1.82, 2.24) is 5.32 Å². The Bertz CT molecular complexity index is 326. The lowest BCUT2D eigenvalue weighted by atomic mass is 9.93. The minimum Gasteiger partial charge on any atom is -0.385 e. The van der Waals surface area contributed by atoms with E-state index in [4.69, 9.17) is 16.3 Å². The maximum Gasteiger partial charge on any atom is 0.0462 e. The summed E-state index contributed by atoms with van der Waals surface area (Å²) in [5.74, 6) is 0.570. The van der Waals surface area contributed by atoms with Gasteiger partial charge in [-0.15, -0.1) is 0 Å². The number of nitrogens with one attached hydrogen (secondary N) is 1. The van der Waals surface area contributed by atoms with Crippen molar-refractivity contribution in [2.24, 2.45) is 0 Å². The van der Waals surface area contributed by atoms with Gasteiger partial charge in [0.15, 0.2) is 0 Å². The fraction of sp³-hybridized carbons (Fsp3) is 0.625. The average molecular weight is 284 g/mol. The minimum absolute atomic E-state index is 0.570. The summed E-state index contributed by atoms with van der Waals surface area (Å²) in [5.41, 5.74) is 1.38. The predicted octanol–water partition coefficient (Wildman–Crippen LogP) is 4.24. The number of unbranched alkanes of at least 4 members (excludes halogenated alkanes) is 1. The molecule has 0 spiro atoms. The van der Waals surface area contributed by atoms with Gasteiger partial charge in [-0.05, 0) is 49.4 Å². The van der Waals surface area contributed by atoms with Gasteiger partial charge in [0.1, 0.15) is 0 Å². The van der Waals surface area contributed by atoms with Crippen LogP contribution in [0.4, 0.5) is 0 Å². The van der Waals surface area contributed by atoms with E-state index in [0.29, 0.717) is 5.92 Å². The molecule has 1 aromatic rings.